The summed E-state index contributed by atoms with van der Waals surface area (Å²) in [6, 6.07) is 20.3. The summed E-state index contributed by atoms with van der Waals surface area (Å²) in [6.45, 7) is 0. The highest BCUT2D eigenvalue weighted by Gasteiger charge is 2.23. The molecule has 0 atom stereocenters. The molecule has 13 heteroatoms. The fourth-order valence-electron chi connectivity index (χ4n) is 3.48. The quantitative estimate of drug-likeness (QED) is 0.199. The molecular formula is C25H15Cl3N4O4S2. The molecule has 0 saturated heterocycles. The van der Waals surface area contributed by atoms with Gasteiger partial charge in [0.25, 0.3) is 15.9 Å². The fraction of sp³-hybridized carbons (Fsp3) is 0. The first kappa shape index (κ1) is 26.2. The zero-order chi connectivity index (χ0) is 26.9. The number of benzene rings is 4. The van der Waals surface area contributed by atoms with Gasteiger partial charge in [-0.05, 0) is 72.8 Å². The summed E-state index contributed by atoms with van der Waals surface area (Å²) >= 11 is 19.3. The van der Waals surface area contributed by atoms with Crippen molar-refractivity contribution in [2.24, 2.45) is 0 Å². The first-order chi connectivity index (χ1) is 18.2. The van der Waals surface area contributed by atoms with Crippen molar-refractivity contribution < 1.29 is 17.9 Å². The number of sulfonamides is 1. The number of carbonyl (C=O) groups excluding carboxylic acids is 1. The third-order valence-electron chi connectivity index (χ3n) is 5.24. The molecule has 4 aromatic carbocycles. The lowest BCUT2D eigenvalue weighted by Crippen LogP contribution is -2.19. The number of nitrogens with one attached hydrogen (secondary N) is 2. The first-order valence-corrected chi connectivity index (χ1v) is 14.1. The summed E-state index contributed by atoms with van der Waals surface area (Å²) in [5, 5.41) is 3.77. The predicted octanol–water partition coefficient (Wildman–Crippen LogP) is 7.50. The summed E-state index contributed by atoms with van der Waals surface area (Å²) < 4.78 is 42.8. The molecule has 0 spiro atoms. The normalized spacial score (nSPS) is 11.3. The Morgan fingerprint density at radius 1 is 0.868 bits per heavy atom. The molecule has 8 nitrogen and oxygen atoms in total. The van der Waals surface area contributed by atoms with Gasteiger partial charge in [0.2, 0.25) is 0 Å². The lowest BCUT2D eigenvalue weighted by molar-refractivity contribution is 0.102. The predicted molar refractivity (Wildman–Crippen MR) is 151 cm³/mol. The van der Waals surface area contributed by atoms with Crippen LogP contribution in [0.5, 0.6) is 11.5 Å². The van der Waals surface area contributed by atoms with Crippen molar-refractivity contribution in [3.63, 3.8) is 0 Å². The van der Waals surface area contributed by atoms with Crippen LogP contribution in [-0.4, -0.2) is 23.1 Å². The number of aromatic nitrogens is 2. The molecule has 2 N–H and O–H groups in total. The lowest BCUT2D eigenvalue weighted by Gasteiger charge is -2.14. The zero-order valence-electron chi connectivity index (χ0n) is 19.0. The van der Waals surface area contributed by atoms with Crippen molar-refractivity contribution in [2.45, 2.75) is 4.90 Å². The molecule has 1 amide bonds. The Balaban J connectivity index is 1.38. The van der Waals surface area contributed by atoms with Gasteiger partial charge in [-0.25, -0.2) is 8.42 Å². The Morgan fingerprint density at radius 2 is 1.63 bits per heavy atom. The zero-order valence-corrected chi connectivity index (χ0v) is 22.9. The van der Waals surface area contributed by atoms with E-state index in [4.69, 9.17) is 39.5 Å². The Bertz CT molecular complexity index is 1780. The van der Waals surface area contributed by atoms with E-state index in [1.54, 1.807) is 48.5 Å². The number of nitrogens with zero attached hydrogens (tertiary/aromatic N) is 2. The molecule has 0 aliphatic heterocycles. The summed E-state index contributed by atoms with van der Waals surface area (Å²) in [6.07, 6.45) is 0. The largest absolute Gasteiger partial charge is 0.456 e. The number of carbonyl (C=O) groups is 1. The minimum Gasteiger partial charge on any atom is -0.456 e. The second-order valence-corrected chi connectivity index (χ2v) is 11.3. The van der Waals surface area contributed by atoms with E-state index < -0.39 is 15.9 Å². The van der Waals surface area contributed by atoms with Crippen molar-refractivity contribution in [2.75, 3.05) is 10.0 Å². The topological polar surface area (TPSA) is 110 Å². The van der Waals surface area contributed by atoms with Crippen LogP contribution < -0.4 is 14.8 Å². The molecule has 0 saturated carbocycles. The van der Waals surface area contributed by atoms with Gasteiger partial charge in [0.05, 0.1) is 28.0 Å². The van der Waals surface area contributed by atoms with Crippen LogP contribution in [0.25, 0.3) is 11.0 Å². The average molecular weight is 606 g/mol. The second kappa shape index (κ2) is 10.8. The number of halogens is 3. The maximum Gasteiger partial charge on any atom is 0.264 e. The van der Waals surface area contributed by atoms with E-state index in [2.05, 4.69) is 18.8 Å². The molecule has 5 aromatic rings. The Kier molecular flexibility index (Phi) is 7.42. The fourth-order valence-corrected chi connectivity index (χ4v) is 5.85. The molecule has 192 valence electrons. The number of amides is 1. The maximum atomic E-state index is 13.2. The van der Waals surface area contributed by atoms with Gasteiger partial charge in [-0.3, -0.25) is 9.52 Å². The molecule has 0 unspecified atom stereocenters. The lowest BCUT2D eigenvalue weighted by atomic mass is 10.1. The molecular weight excluding hydrogens is 591 g/mol. The minimum atomic E-state index is -4.11. The molecule has 0 aliphatic carbocycles. The van der Waals surface area contributed by atoms with Crippen molar-refractivity contribution in [1.29, 1.82) is 0 Å². The number of anilines is 2. The average Bonchev–Trinajstić information content (AvgIpc) is 3.37. The van der Waals surface area contributed by atoms with Crippen LogP contribution in [0.3, 0.4) is 0 Å². The highest BCUT2D eigenvalue weighted by Crippen LogP contribution is 2.33. The summed E-state index contributed by atoms with van der Waals surface area (Å²) in [7, 11) is -4.11. The number of hydrogen-bond donors (Lipinski definition) is 2. The van der Waals surface area contributed by atoms with E-state index in [0.29, 0.717) is 27.7 Å². The smallest absolute Gasteiger partial charge is 0.264 e. The van der Waals surface area contributed by atoms with E-state index in [1.807, 2.05) is 0 Å². The van der Waals surface area contributed by atoms with Crippen molar-refractivity contribution in [1.82, 2.24) is 8.75 Å². The first-order valence-electron chi connectivity index (χ1n) is 10.8. The van der Waals surface area contributed by atoms with Gasteiger partial charge in [-0.1, -0.05) is 40.9 Å². The van der Waals surface area contributed by atoms with E-state index in [1.165, 1.54) is 30.3 Å². The van der Waals surface area contributed by atoms with Crippen LogP contribution in [0.1, 0.15) is 10.4 Å². The van der Waals surface area contributed by atoms with E-state index >= 15 is 0 Å². The monoisotopic (exact) mass is 604 g/mol. The molecule has 5 rings (SSSR count). The number of fused-ring (bicyclic) bond motifs is 1. The third-order valence-corrected chi connectivity index (χ3v) is 7.96. The van der Waals surface area contributed by atoms with E-state index in [0.717, 1.165) is 11.7 Å². The summed E-state index contributed by atoms with van der Waals surface area (Å²) in [5.41, 5.74) is 1.08. The Hall–Kier alpha value is -3.41. The molecule has 0 radical (unpaired) electrons. The second-order valence-electron chi connectivity index (χ2n) is 7.84. The highest BCUT2D eigenvalue weighted by atomic mass is 35.5. The van der Waals surface area contributed by atoms with Gasteiger partial charge < -0.3 is 10.1 Å². The molecule has 38 heavy (non-hydrogen) atoms. The molecule has 0 aliphatic rings. The molecule has 1 heterocycles. The SMILES string of the molecule is O=C(Nc1ccc(Oc2ccc(Cl)cc2)c(Cl)c1)c1cc(Cl)ccc1NS(=O)(=O)c1cccc2nsnc12. The minimum absolute atomic E-state index is 0.00210. The van der Waals surface area contributed by atoms with Crippen LogP contribution in [0.4, 0.5) is 11.4 Å². The van der Waals surface area contributed by atoms with Gasteiger partial charge >= 0.3 is 0 Å². The number of hydrogen-bond acceptors (Lipinski definition) is 7. The van der Waals surface area contributed by atoms with Crippen molar-refractivity contribution >= 4 is 84.9 Å². The van der Waals surface area contributed by atoms with Crippen LogP contribution in [0.15, 0.2) is 83.8 Å². The highest BCUT2D eigenvalue weighted by molar-refractivity contribution is 7.93. The maximum absolute atomic E-state index is 13.2. The van der Waals surface area contributed by atoms with Crippen LogP contribution in [0, 0.1) is 0 Å². The Labute approximate surface area is 236 Å². The van der Waals surface area contributed by atoms with Gasteiger partial charge in [-0.2, -0.15) is 8.75 Å². The van der Waals surface area contributed by atoms with E-state index in [-0.39, 0.29) is 31.7 Å². The summed E-state index contributed by atoms with van der Waals surface area (Å²) in [5.74, 6) is 0.295. The van der Waals surface area contributed by atoms with Gasteiger partial charge in [-0.15, -0.1) is 0 Å². The number of ether oxygens (including phenoxy) is 1. The van der Waals surface area contributed by atoms with Crippen LogP contribution in [0.2, 0.25) is 15.1 Å². The van der Waals surface area contributed by atoms with Crippen molar-refractivity contribution in [3.05, 3.63) is 99.5 Å². The summed E-state index contributed by atoms with van der Waals surface area (Å²) in [4.78, 5) is 13.1. The van der Waals surface area contributed by atoms with Crippen molar-refractivity contribution in [3.8, 4) is 11.5 Å². The molecule has 1 aromatic heterocycles. The van der Waals surface area contributed by atoms with Gasteiger partial charge in [0.1, 0.15) is 27.4 Å². The van der Waals surface area contributed by atoms with Crippen LogP contribution >= 0.6 is 46.5 Å². The van der Waals surface area contributed by atoms with Gasteiger partial charge in [0, 0.05) is 15.7 Å². The third kappa shape index (κ3) is 5.69. The van der Waals surface area contributed by atoms with Gasteiger partial charge in [0.15, 0.2) is 0 Å². The number of rotatable bonds is 7. The van der Waals surface area contributed by atoms with E-state index in [9.17, 15) is 13.2 Å². The van der Waals surface area contributed by atoms with Crippen LogP contribution in [-0.2, 0) is 10.0 Å². The standard InChI is InChI=1S/C25H15Cl3N4O4S2/c26-14-4-8-17(9-5-14)36-22-11-7-16(13-19(22)28)29-25(33)18-12-15(27)6-10-20(18)32-38(34,35)23-3-1-2-21-24(23)31-37-30-21/h1-13,32H,(H,29,33). The Morgan fingerprint density at radius 3 is 2.39 bits per heavy atom. The molecule has 0 bridgehead atoms. The molecule has 0 fully saturated rings.